The molecule has 1 aromatic rings. The molecule has 2 nitrogen and oxygen atoms in total. The molecule has 0 bridgehead atoms. The van der Waals surface area contributed by atoms with Crippen LogP contribution in [0.15, 0.2) is 18.2 Å². The number of aryl methyl sites for hydroxylation is 2. The number of alkyl halides is 3. The second-order valence-electron chi connectivity index (χ2n) is 3.91. The molecule has 0 spiro atoms. The van der Waals surface area contributed by atoms with Crippen LogP contribution in [0.4, 0.5) is 13.2 Å². The monoisotopic (exact) mass is 260 g/mol. The Morgan fingerprint density at radius 2 is 2.00 bits per heavy atom. The number of benzene rings is 1. The Hall–Kier alpha value is -1.52. The Kier molecular flexibility index (Phi) is 4.76. The Balaban J connectivity index is 2.89. The summed E-state index contributed by atoms with van der Waals surface area (Å²) in [6, 6.07) is 4.37. The summed E-state index contributed by atoms with van der Waals surface area (Å²) in [5.41, 5.74) is -0.339. The molecule has 5 heteroatoms. The van der Waals surface area contributed by atoms with Gasteiger partial charge >= 0.3 is 12.1 Å². The lowest BCUT2D eigenvalue weighted by atomic mass is 9.98. The van der Waals surface area contributed by atoms with Crippen molar-refractivity contribution in [3.05, 3.63) is 34.9 Å². The number of hydrogen-bond acceptors (Lipinski definition) is 2. The van der Waals surface area contributed by atoms with Gasteiger partial charge < -0.3 is 4.74 Å². The number of ether oxygens (including phenoxy) is 1. The molecule has 1 aromatic carbocycles. The highest BCUT2D eigenvalue weighted by molar-refractivity contribution is 5.69. The maximum atomic E-state index is 12.9. The molecule has 0 saturated carbocycles. The van der Waals surface area contributed by atoms with E-state index in [0.717, 1.165) is 0 Å². The summed E-state index contributed by atoms with van der Waals surface area (Å²) in [6.45, 7) is 3.31. The largest absolute Gasteiger partial charge is 0.466 e. The van der Waals surface area contributed by atoms with Crippen LogP contribution in [0.1, 0.15) is 30.0 Å². The summed E-state index contributed by atoms with van der Waals surface area (Å²) < 4.78 is 43.3. The summed E-state index contributed by atoms with van der Waals surface area (Å²) in [5, 5.41) is 0. The van der Waals surface area contributed by atoms with Gasteiger partial charge in [0.25, 0.3) is 0 Å². The van der Waals surface area contributed by atoms with Crippen LogP contribution in [0.5, 0.6) is 0 Å². The first-order valence-corrected chi connectivity index (χ1v) is 5.67. The first-order chi connectivity index (χ1) is 8.36. The van der Waals surface area contributed by atoms with E-state index in [1.165, 1.54) is 19.1 Å². The summed E-state index contributed by atoms with van der Waals surface area (Å²) in [6.07, 6.45) is -4.40. The normalized spacial score (nSPS) is 11.4. The van der Waals surface area contributed by atoms with Crippen LogP contribution in [-0.4, -0.2) is 12.6 Å². The minimum absolute atomic E-state index is 0.0371. The molecule has 0 amide bonds. The van der Waals surface area contributed by atoms with Crippen molar-refractivity contribution in [2.24, 2.45) is 0 Å². The van der Waals surface area contributed by atoms with Gasteiger partial charge in [-0.25, -0.2) is 0 Å². The van der Waals surface area contributed by atoms with Gasteiger partial charge in [0.1, 0.15) is 0 Å². The van der Waals surface area contributed by atoms with Gasteiger partial charge in [0.05, 0.1) is 12.2 Å². The number of halogens is 3. The maximum absolute atomic E-state index is 12.9. The number of carbonyl (C=O) groups excluding carboxylic acids is 1. The van der Waals surface area contributed by atoms with E-state index in [4.69, 9.17) is 4.74 Å². The summed E-state index contributed by atoms with van der Waals surface area (Å²) in [7, 11) is 0. The van der Waals surface area contributed by atoms with Crippen molar-refractivity contribution >= 4 is 5.97 Å². The molecule has 0 atom stereocenters. The Bertz CT molecular complexity index is 425. The zero-order valence-corrected chi connectivity index (χ0v) is 10.3. The molecular weight excluding hydrogens is 245 g/mol. The minimum atomic E-state index is -4.39. The fraction of sp³-hybridized carbons (Fsp3) is 0.462. The summed E-state index contributed by atoms with van der Waals surface area (Å²) >= 11 is 0. The first kappa shape index (κ1) is 14.5. The molecular formula is C13H15F3O2. The van der Waals surface area contributed by atoms with Gasteiger partial charge in [0, 0.05) is 6.42 Å². The second kappa shape index (κ2) is 5.89. The van der Waals surface area contributed by atoms with Crippen LogP contribution in [0.25, 0.3) is 0 Å². The smallest absolute Gasteiger partial charge is 0.416 e. The zero-order chi connectivity index (χ0) is 13.8. The molecule has 0 unspecified atom stereocenters. The van der Waals surface area contributed by atoms with Crippen molar-refractivity contribution in [2.75, 3.05) is 6.61 Å². The highest BCUT2D eigenvalue weighted by atomic mass is 19.4. The van der Waals surface area contributed by atoms with Gasteiger partial charge in [-0.3, -0.25) is 4.79 Å². The molecule has 0 radical (unpaired) electrons. The molecule has 0 aliphatic carbocycles. The van der Waals surface area contributed by atoms with Crippen molar-refractivity contribution in [1.29, 1.82) is 0 Å². The number of esters is 1. The molecule has 0 aliphatic heterocycles. The molecule has 1 rings (SSSR count). The van der Waals surface area contributed by atoms with E-state index in [0.29, 0.717) is 0 Å². The van der Waals surface area contributed by atoms with E-state index < -0.39 is 17.7 Å². The van der Waals surface area contributed by atoms with Gasteiger partial charge in [-0.1, -0.05) is 18.2 Å². The van der Waals surface area contributed by atoms with Crippen molar-refractivity contribution < 1.29 is 22.7 Å². The minimum Gasteiger partial charge on any atom is -0.466 e. The molecule has 18 heavy (non-hydrogen) atoms. The van der Waals surface area contributed by atoms with Gasteiger partial charge in [-0.15, -0.1) is 0 Å². The Morgan fingerprint density at radius 1 is 1.33 bits per heavy atom. The highest BCUT2D eigenvalue weighted by Crippen LogP contribution is 2.34. The number of hydrogen-bond donors (Lipinski definition) is 0. The second-order valence-corrected chi connectivity index (χ2v) is 3.91. The van der Waals surface area contributed by atoms with E-state index in [1.54, 1.807) is 13.0 Å². The van der Waals surface area contributed by atoms with Crippen LogP contribution in [-0.2, 0) is 22.1 Å². The van der Waals surface area contributed by atoms with Gasteiger partial charge in [0.15, 0.2) is 0 Å². The van der Waals surface area contributed by atoms with E-state index >= 15 is 0 Å². The van der Waals surface area contributed by atoms with Crippen molar-refractivity contribution in [3.63, 3.8) is 0 Å². The fourth-order valence-electron chi connectivity index (χ4n) is 1.81. The molecule has 0 heterocycles. The SMILES string of the molecule is CCOC(=O)CCc1cccc(C)c1C(F)(F)F. The van der Waals surface area contributed by atoms with Crippen molar-refractivity contribution in [3.8, 4) is 0 Å². The van der Waals surface area contributed by atoms with E-state index in [1.807, 2.05) is 0 Å². The standard InChI is InChI=1S/C13H15F3O2/c1-3-18-11(17)8-7-10-6-4-5-9(2)12(10)13(14,15)16/h4-6H,3,7-8H2,1-2H3. The third kappa shape index (κ3) is 3.75. The van der Waals surface area contributed by atoms with Crippen LogP contribution < -0.4 is 0 Å². The van der Waals surface area contributed by atoms with E-state index in [9.17, 15) is 18.0 Å². The van der Waals surface area contributed by atoms with Gasteiger partial charge in [-0.05, 0) is 31.4 Å². The molecule has 0 aromatic heterocycles. The predicted molar refractivity (Wildman–Crippen MR) is 61.1 cm³/mol. The van der Waals surface area contributed by atoms with Crippen LogP contribution >= 0.6 is 0 Å². The highest BCUT2D eigenvalue weighted by Gasteiger charge is 2.34. The third-order valence-corrected chi connectivity index (χ3v) is 2.55. The van der Waals surface area contributed by atoms with Gasteiger partial charge in [-0.2, -0.15) is 13.2 Å². The Morgan fingerprint density at radius 3 is 2.56 bits per heavy atom. The van der Waals surface area contributed by atoms with Crippen LogP contribution in [0, 0.1) is 6.92 Å². The number of rotatable bonds is 4. The molecule has 100 valence electrons. The maximum Gasteiger partial charge on any atom is 0.416 e. The molecule has 0 N–H and O–H groups in total. The average Bonchev–Trinajstić information content (AvgIpc) is 2.25. The quantitative estimate of drug-likeness (QED) is 0.774. The first-order valence-electron chi connectivity index (χ1n) is 5.67. The third-order valence-electron chi connectivity index (χ3n) is 2.55. The molecule has 0 aliphatic rings. The lowest BCUT2D eigenvalue weighted by Crippen LogP contribution is -2.13. The Labute approximate surface area is 104 Å². The zero-order valence-electron chi connectivity index (χ0n) is 10.3. The van der Waals surface area contributed by atoms with E-state index in [2.05, 4.69) is 0 Å². The average molecular weight is 260 g/mol. The molecule has 0 fully saturated rings. The van der Waals surface area contributed by atoms with Crippen LogP contribution in [0.3, 0.4) is 0 Å². The van der Waals surface area contributed by atoms with Crippen LogP contribution in [0.2, 0.25) is 0 Å². The molecule has 0 saturated heterocycles. The van der Waals surface area contributed by atoms with Crippen molar-refractivity contribution in [1.82, 2.24) is 0 Å². The lowest BCUT2D eigenvalue weighted by Gasteiger charge is -2.15. The van der Waals surface area contributed by atoms with Gasteiger partial charge in [0.2, 0.25) is 0 Å². The topological polar surface area (TPSA) is 26.3 Å². The summed E-state index contributed by atoms with van der Waals surface area (Å²) in [5.74, 6) is -0.480. The predicted octanol–water partition coefficient (Wildman–Crippen LogP) is 3.51. The van der Waals surface area contributed by atoms with Crippen molar-refractivity contribution in [2.45, 2.75) is 32.9 Å². The number of carbonyl (C=O) groups is 1. The lowest BCUT2D eigenvalue weighted by molar-refractivity contribution is -0.144. The van der Waals surface area contributed by atoms with E-state index in [-0.39, 0.29) is 30.6 Å². The fourth-order valence-corrected chi connectivity index (χ4v) is 1.81. The summed E-state index contributed by atoms with van der Waals surface area (Å²) in [4.78, 5) is 11.2.